The predicted molar refractivity (Wildman–Crippen MR) is 124 cm³/mol. The molecule has 2 aromatic carbocycles. The molecule has 0 bridgehead atoms. The lowest BCUT2D eigenvalue weighted by Crippen LogP contribution is -2.51. The molecule has 1 heterocycles. The number of benzene rings is 2. The Bertz CT molecular complexity index is 981. The standard InChI is InChI=1S/C27H33FN2O2/c1-3-13-29-26(32)27(11-14-30(15-12-27)25(31)24-16-19(24)2)18-21-7-4-5-10-23(21)20-8-6-9-22(28)17-20/h4-10,17,19,24H,3,11-16,18H2,1-2H3,(H,29,32)/t19-,24-/m1/s1. The number of rotatable bonds is 7. The van der Waals surface area contributed by atoms with Crippen LogP contribution in [0.15, 0.2) is 48.5 Å². The Hall–Kier alpha value is -2.69. The fourth-order valence-corrected chi connectivity index (χ4v) is 4.94. The van der Waals surface area contributed by atoms with E-state index in [4.69, 9.17) is 0 Å². The summed E-state index contributed by atoms with van der Waals surface area (Å²) in [7, 11) is 0. The molecule has 2 amide bonds. The highest BCUT2D eigenvalue weighted by Crippen LogP contribution is 2.42. The molecule has 1 aliphatic heterocycles. The van der Waals surface area contributed by atoms with E-state index in [1.807, 2.05) is 42.2 Å². The molecular weight excluding hydrogens is 403 g/mol. The van der Waals surface area contributed by atoms with Crippen molar-refractivity contribution in [2.24, 2.45) is 17.3 Å². The summed E-state index contributed by atoms with van der Waals surface area (Å²) >= 11 is 0. The first-order valence-corrected chi connectivity index (χ1v) is 11.8. The number of amides is 2. The van der Waals surface area contributed by atoms with Crippen molar-refractivity contribution in [2.45, 2.75) is 46.0 Å². The number of nitrogens with zero attached hydrogens (tertiary/aromatic N) is 1. The highest BCUT2D eigenvalue weighted by atomic mass is 19.1. The van der Waals surface area contributed by atoms with E-state index in [0.29, 0.717) is 44.8 Å². The summed E-state index contributed by atoms with van der Waals surface area (Å²) in [5.41, 5.74) is 2.25. The molecule has 4 rings (SSSR count). The van der Waals surface area contributed by atoms with Crippen LogP contribution in [0.5, 0.6) is 0 Å². The molecule has 2 fully saturated rings. The Kier molecular flexibility index (Phi) is 6.63. The van der Waals surface area contributed by atoms with Crippen molar-refractivity contribution in [1.29, 1.82) is 0 Å². The molecule has 2 atom stereocenters. The molecule has 0 unspecified atom stereocenters. The lowest BCUT2D eigenvalue weighted by molar-refractivity contribution is -0.141. The zero-order valence-electron chi connectivity index (χ0n) is 19.1. The summed E-state index contributed by atoms with van der Waals surface area (Å²) < 4.78 is 13.9. The van der Waals surface area contributed by atoms with Gasteiger partial charge in [-0.3, -0.25) is 9.59 Å². The van der Waals surface area contributed by atoms with Gasteiger partial charge in [0.1, 0.15) is 5.82 Å². The van der Waals surface area contributed by atoms with E-state index < -0.39 is 5.41 Å². The molecule has 170 valence electrons. The highest BCUT2D eigenvalue weighted by molar-refractivity contribution is 5.85. The van der Waals surface area contributed by atoms with Gasteiger partial charge in [-0.2, -0.15) is 0 Å². The van der Waals surface area contributed by atoms with E-state index in [2.05, 4.69) is 12.2 Å². The first-order chi connectivity index (χ1) is 15.4. The normalized spacial score (nSPS) is 21.8. The molecule has 4 nitrogen and oxygen atoms in total. The topological polar surface area (TPSA) is 49.4 Å². The summed E-state index contributed by atoms with van der Waals surface area (Å²) in [5.74, 6) is 0.708. The summed E-state index contributed by atoms with van der Waals surface area (Å²) in [6.07, 6.45) is 3.74. The van der Waals surface area contributed by atoms with Gasteiger partial charge in [-0.1, -0.05) is 50.2 Å². The van der Waals surface area contributed by atoms with Crippen molar-refractivity contribution < 1.29 is 14.0 Å². The quantitative estimate of drug-likeness (QED) is 0.676. The van der Waals surface area contributed by atoms with E-state index >= 15 is 0 Å². The first kappa shape index (κ1) is 22.5. The third kappa shape index (κ3) is 4.72. The lowest BCUT2D eigenvalue weighted by Gasteiger charge is -2.41. The van der Waals surface area contributed by atoms with Gasteiger partial charge in [0, 0.05) is 25.6 Å². The van der Waals surface area contributed by atoms with Gasteiger partial charge in [-0.15, -0.1) is 0 Å². The highest BCUT2D eigenvalue weighted by Gasteiger charge is 2.46. The van der Waals surface area contributed by atoms with Crippen molar-refractivity contribution in [3.05, 3.63) is 59.9 Å². The maximum atomic E-state index is 13.9. The SMILES string of the molecule is CCCNC(=O)C1(Cc2ccccc2-c2cccc(F)c2)CCN(C(=O)[C@@H]2C[C@H]2C)CC1. The van der Waals surface area contributed by atoms with Crippen LogP contribution in [0.4, 0.5) is 4.39 Å². The van der Waals surface area contributed by atoms with Gasteiger partial charge < -0.3 is 10.2 Å². The Morgan fingerprint density at radius 2 is 1.84 bits per heavy atom. The minimum atomic E-state index is -0.565. The average Bonchev–Trinajstić information content (AvgIpc) is 3.54. The molecule has 5 heteroatoms. The molecule has 0 spiro atoms. The van der Waals surface area contributed by atoms with Gasteiger partial charge >= 0.3 is 0 Å². The van der Waals surface area contributed by atoms with E-state index in [-0.39, 0.29) is 23.5 Å². The zero-order chi connectivity index (χ0) is 22.7. The summed E-state index contributed by atoms with van der Waals surface area (Å²) in [6, 6.07) is 14.6. The number of nitrogens with one attached hydrogen (secondary N) is 1. The van der Waals surface area contributed by atoms with E-state index in [1.165, 1.54) is 6.07 Å². The van der Waals surface area contributed by atoms with Crippen LogP contribution in [0.25, 0.3) is 11.1 Å². The van der Waals surface area contributed by atoms with E-state index in [1.54, 1.807) is 12.1 Å². The van der Waals surface area contributed by atoms with Crippen molar-refractivity contribution in [1.82, 2.24) is 10.2 Å². The number of carbonyl (C=O) groups excluding carboxylic acids is 2. The van der Waals surface area contributed by atoms with Crippen LogP contribution < -0.4 is 5.32 Å². The van der Waals surface area contributed by atoms with Crippen molar-refractivity contribution in [2.75, 3.05) is 19.6 Å². The minimum Gasteiger partial charge on any atom is -0.356 e. The molecule has 0 aromatic heterocycles. The van der Waals surface area contributed by atoms with Crippen molar-refractivity contribution >= 4 is 11.8 Å². The Labute approximate surface area is 190 Å². The number of piperidine rings is 1. The number of hydrogen-bond donors (Lipinski definition) is 1. The largest absolute Gasteiger partial charge is 0.356 e. The van der Waals surface area contributed by atoms with Gasteiger partial charge in [-0.25, -0.2) is 4.39 Å². The van der Waals surface area contributed by atoms with Crippen LogP contribution in [0, 0.1) is 23.1 Å². The monoisotopic (exact) mass is 436 g/mol. The average molecular weight is 437 g/mol. The molecule has 2 aromatic rings. The zero-order valence-corrected chi connectivity index (χ0v) is 19.1. The van der Waals surface area contributed by atoms with Gasteiger partial charge in [0.05, 0.1) is 5.41 Å². The van der Waals surface area contributed by atoms with Crippen LogP contribution >= 0.6 is 0 Å². The minimum absolute atomic E-state index is 0.0697. The third-order valence-electron chi connectivity index (χ3n) is 7.16. The molecule has 1 saturated carbocycles. The van der Waals surface area contributed by atoms with Crippen LogP contribution in [-0.4, -0.2) is 36.3 Å². The molecule has 2 aliphatic rings. The Morgan fingerprint density at radius 1 is 1.12 bits per heavy atom. The van der Waals surface area contributed by atoms with Crippen LogP contribution in [0.1, 0.15) is 45.1 Å². The molecule has 1 N–H and O–H groups in total. The molecule has 32 heavy (non-hydrogen) atoms. The first-order valence-electron chi connectivity index (χ1n) is 11.8. The number of hydrogen-bond acceptors (Lipinski definition) is 2. The fraction of sp³-hybridized carbons (Fsp3) is 0.481. The van der Waals surface area contributed by atoms with Crippen LogP contribution in [0.2, 0.25) is 0 Å². The summed E-state index contributed by atoms with van der Waals surface area (Å²) in [6.45, 7) is 6.05. The second-order valence-electron chi connectivity index (χ2n) is 9.53. The Morgan fingerprint density at radius 3 is 2.50 bits per heavy atom. The van der Waals surface area contributed by atoms with Gasteiger partial charge in [0.15, 0.2) is 0 Å². The smallest absolute Gasteiger partial charge is 0.226 e. The molecular formula is C27H33FN2O2. The van der Waals surface area contributed by atoms with Crippen LogP contribution in [-0.2, 0) is 16.0 Å². The molecule has 1 aliphatic carbocycles. The number of halogens is 1. The molecule has 1 saturated heterocycles. The summed E-state index contributed by atoms with van der Waals surface area (Å²) in [5, 5.41) is 3.12. The second-order valence-corrected chi connectivity index (χ2v) is 9.53. The lowest BCUT2D eigenvalue weighted by atomic mass is 9.72. The fourth-order valence-electron chi connectivity index (χ4n) is 4.94. The van der Waals surface area contributed by atoms with Gasteiger partial charge in [0.2, 0.25) is 11.8 Å². The number of carbonyl (C=O) groups is 2. The number of likely N-dealkylation sites (tertiary alicyclic amines) is 1. The molecule has 0 radical (unpaired) electrons. The van der Waals surface area contributed by atoms with Crippen molar-refractivity contribution in [3.63, 3.8) is 0 Å². The maximum Gasteiger partial charge on any atom is 0.226 e. The van der Waals surface area contributed by atoms with Gasteiger partial charge in [0.25, 0.3) is 0 Å². The van der Waals surface area contributed by atoms with E-state index in [0.717, 1.165) is 29.5 Å². The van der Waals surface area contributed by atoms with Crippen molar-refractivity contribution in [3.8, 4) is 11.1 Å². The van der Waals surface area contributed by atoms with Crippen LogP contribution in [0.3, 0.4) is 0 Å². The summed E-state index contributed by atoms with van der Waals surface area (Å²) in [4.78, 5) is 28.1. The van der Waals surface area contributed by atoms with E-state index in [9.17, 15) is 14.0 Å². The second kappa shape index (κ2) is 9.43. The Balaban J connectivity index is 1.59. The van der Waals surface area contributed by atoms with Gasteiger partial charge in [-0.05, 0) is 66.8 Å². The maximum absolute atomic E-state index is 13.9. The third-order valence-corrected chi connectivity index (χ3v) is 7.16. The predicted octanol–water partition coefficient (Wildman–Crippen LogP) is 4.83.